The summed E-state index contributed by atoms with van der Waals surface area (Å²) in [6.45, 7) is 12.2. The van der Waals surface area contributed by atoms with Crippen LogP contribution >= 0.6 is 0 Å². The molecule has 0 radical (unpaired) electrons. The lowest BCUT2D eigenvalue weighted by Crippen LogP contribution is -2.28. The first-order chi connectivity index (χ1) is 11.1. The summed E-state index contributed by atoms with van der Waals surface area (Å²) in [5.74, 6) is 0.115. The lowest BCUT2D eigenvalue weighted by Gasteiger charge is -2.21. The van der Waals surface area contributed by atoms with E-state index in [-0.39, 0.29) is 11.8 Å². The van der Waals surface area contributed by atoms with Crippen molar-refractivity contribution in [2.24, 2.45) is 5.41 Å². The van der Waals surface area contributed by atoms with Crippen molar-refractivity contribution in [1.82, 2.24) is 5.32 Å². The molecule has 0 aromatic carbocycles. The summed E-state index contributed by atoms with van der Waals surface area (Å²) in [7, 11) is 1.82. The van der Waals surface area contributed by atoms with Gasteiger partial charge in [0, 0.05) is 18.2 Å². The number of carbonyl (C=O) groups excluding carboxylic acids is 1. The molecule has 24 heavy (non-hydrogen) atoms. The van der Waals surface area contributed by atoms with Crippen LogP contribution in [0.25, 0.3) is 12.7 Å². The highest BCUT2D eigenvalue weighted by Gasteiger charge is 2.20. The van der Waals surface area contributed by atoms with Crippen molar-refractivity contribution >= 4 is 24.9 Å². The summed E-state index contributed by atoms with van der Waals surface area (Å²) in [5, 5.41) is 12.4. The summed E-state index contributed by atoms with van der Waals surface area (Å²) < 4.78 is 5.28. The third-order valence-corrected chi connectivity index (χ3v) is 3.17. The minimum Gasteiger partial charge on any atom is -0.481 e. The molecule has 134 valence electrons. The molecule has 0 fully saturated rings. The first-order valence-electron chi connectivity index (χ1n) is 7.85. The number of nitrogens with one attached hydrogen (secondary N) is 1. The molecule has 0 bridgehead atoms. The summed E-state index contributed by atoms with van der Waals surface area (Å²) in [4.78, 5) is 20.4. The molecule has 1 rings (SSSR count). The zero-order valence-electron chi connectivity index (χ0n) is 15.3. The van der Waals surface area contributed by atoms with Gasteiger partial charge in [0.05, 0.1) is 6.42 Å². The number of aliphatic carboxylic acids is 1. The van der Waals surface area contributed by atoms with E-state index in [0.717, 1.165) is 29.4 Å². The summed E-state index contributed by atoms with van der Waals surface area (Å²) in [6.07, 6.45) is 5.37. The van der Waals surface area contributed by atoms with Gasteiger partial charge in [-0.05, 0) is 38.5 Å². The van der Waals surface area contributed by atoms with Crippen molar-refractivity contribution in [3.05, 3.63) is 34.1 Å². The van der Waals surface area contributed by atoms with Gasteiger partial charge in [0.2, 0.25) is 0 Å². The Balaban J connectivity index is 0.000000470. The van der Waals surface area contributed by atoms with Crippen LogP contribution in [0.3, 0.4) is 0 Å². The Hall–Kier alpha value is -2.14. The smallest absolute Gasteiger partial charge is 0.303 e. The van der Waals surface area contributed by atoms with Crippen LogP contribution in [0.1, 0.15) is 39.4 Å². The van der Waals surface area contributed by atoms with Gasteiger partial charge >= 0.3 is 5.97 Å². The van der Waals surface area contributed by atoms with Crippen molar-refractivity contribution in [2.45, 2.75) is 40.5 Å². The zero-order chi connectivity index (χ0) is 18.8. The standard InChI is InChI=1S/C12H14O2.C7H15NO2/c1-9(5-4-6-13)7-12-8-10(2)14-11(12)3;1-7(2,5-8-3)4-6(9)10/h5-8H,3-4H2,1-2H3;8H,4-5H2,1-3H3,(H,9,10)/b9-5-,12-7-;. The first kappa shape index (κ1) is 21.9. The molecule has 5 heteroatoms. The maximum absolute atomic E-state index is 10.3. The Morgan fingerprint density at radius 1 is 1.46 bits per heavy atom. The number of carbonyl (C=O) groups is 2. The second-order valence-electron chi connectivity index (χ2n) is 6.50. The van der Waals surface area contributed by atoms with E-state index < -0.39 is 5.97 Å². The number of aldehydes is 1. The molecule has 0 saturated heterocycles. The Kier molecular flexibility index (Phi) is 9.65. The Bertz CT molecular complexity index is 668. The maximum atomic E-state index is 10.3. The van der Waals surface area contributed by atoms with E-state index >= 15 is 0 Å². The van der Waals surface area contributed by atoms with E-state index in [1.807, 2.05) is 53.0 Å². The minimum absolute atomic E-state index is 0.138. The second kappa shape index (κ2) is 10.6. The van der Waals surface area contributed by atoms with Gasteiger partial charge in [-0.2, -0.15) is 0 Å². The minimum atomic E-state index is -0.736. The predicted octanol–water partition coefficient (Wildman–Crippen LogP) is 2.02. The summed E-state index contributed by atoms with van der Waals surface area (Å²) in [6, 6.07) is 1.93. The highest BCUT2D eigenvalue weighted by Crippen LogP contribution is 2.17. The number of furan rings is 1. The molecule has 0 unspecified atom stereocenters. The highest BCUT2D eigenvalue weighted by molar-refractivity contribution is 5.67. The van der Waals surface area contributed by atoms with Crippen molar-refractivity contribution in [1.29, 1.82) is 0 Å². The van der Waals surface area contributed by atoms with Crippen LogP contribution in [-0.2, 0) is 9.59 Å². The van der Waals surface area contributed by atoms with Crippen LogP contribution < -0.4 is 16.0 Å². The molecule has 0 spiro atoms. The lowest BCUT2D eigenvalue weighted by molar-refractivity contribution is -0.139. The van der Waals surface area contributed by atoms with Crippen LogP contribution in [0.15, 0.2) is 22.1 Å². The third kappa shape index (κ3) is 9.79. The van der Waals surface area contributed by atoms with Gasteiger partial charge in [0.1, 0.15) is 17.5 Å². The third-order valence-electron chi connectivity index (χ3n) is 3.17. The Morgan fingerprint density at radius 2 is 2.08 bits per heavy atom. The Labute approximate surface area is 143 Å². The molecule has 0 aliphatic heterocycles. The fourth-order valence-electron chi connectivity index (χ4n) is 2.19. The van der Waals surface area contributed by atoms with Crippen LogP contribution in [0, 0.1) is 12.3 Å². The van der Waals surface area contributed by atoms with Crippen LogP contribution in [0.5, 0.6) is 0 Å². The number of carboxylic acid groups (broad SMARTS) is 1. The van der Waals surface area contributed by atoms with Crippen molar-refractivity contribution in [2.75, 3.05) is 13.6 Å². The molecule has 0 saturated carbocycles. The molecule has 0 amide bonds. The molecule has 0 aliphatic rings. The quantitative estimate of drug-likeness (QED) is 0.745. The molecule has 0 aliphatic carbocycles. The van der Waals surface area contributed by atoms with Gasteiger partial charge in [-0.1, -0.05) is 32.1 Å². The summed E-state index contributed by atoms with van der Waals surface area (Å²) in [5.41, 5.74) is 1.57. The van der Waals surface area contributed by atoms with Crippen LogP contribution in [-0.4, -0.2) is 31.0 Å². The molecule has 0 atom stereocenters. The van der Waals surface area contributed by atoms with Gasteiger partial charge in [-0.25, -0.2) is 0 Å². The molecular formula is C19H29NO4. The number of hydrogen-bond donors (Lipinski definition) is 2. The number of rotatable bonds is 7. The van der Waals surface area contributed by atoms with Crippen LogP contribution in [0.2, 0.25) is 0 Å². The van der Waals surface area contributed by atoms with Crippen molar-refractivity contribution in [3.8, 4) is 0 Å². The molecule has 1 heterocycles. The number of carboxylic acids is 1. The first-order valence-corrected chi connectivity index (χ1v) is 7.85. The number of aryl methyl sites for hydroxylation is 1. The fraction of sp³-hybridized carbons (Fsp3) is 0.474. The molecule has 1 aromatic heterocycles. The van der Waals surface area contributed by atoms with E-state index in [4.69, 9.17) is 9.52 Å². The topological polar surface area (TPSA) is 79.5 Å². The van der Waals surface area contributed by atoms with Crippen molar-refractivity contribution < 1.29 is 19.1 Å². The van der Waals surface area contributed by atoms with E-state index in [9.17, 15) is 9.59 Å². The van der Waals surface area contributed by atoms with E-state index in [1.165, 1.54) is 0 Å². The SMILES string of the molecule is C=c1oc(C)c/c1=C/C(C)=C\CC=O.CNCC(C)(C)CC(=O)O. The predicted molar refractivity (Wildman–Crippen MR) is 97.1 cm³/mol. The van der Waals surface area contributed by atoms with Gasteiger partial charge in [-0.15, -0.1) is 0 Å². The largest absolute Gasteiger partial charge is 0.481 e. The molecule has 5 nitrogen and oxygen atoms in total. The van der Waals surface area contributed by atoms with Crippen LogP contribution in [0.4, 0.5) is 0 Å². The molecule has 1 aromatic rings. The zero-order valence-corrected chi connectivity index (χ0v) is 15.3. The molecule has 2 N–H and O–H groups in total. The fourth-order valence-corrected chi connectivity index (χ4v) is 2.19. The average Bonchev–Trinajstić information content (AvgIpc) is 2.73. The van der Waals surface area contributed by atoms with Gasteiger partial charge in [-0.3, -0.25) is 4.79 Å². The second-order valence-corrected chi connectivity index (χ2v) is 6.50. The highest BCUT2D eigenvalue weighted by atomic mass is 16.4. The molecular weight excluding hydrogens is 306 g/mol. The number of allylic oxidation sites excluding steroid dienone is 2. The van der Waals surface area contributed by atoms with Gasteiger partial charge in [0.25, 0.3) is 0 Å². The van der Waals surface area contributed by atoms with Gasteiger partial charge in [0.15, 0.2) is 0 Å². The van der Waals surface area contributed by atoms with Gasteiger partial charge < -0.3 is 19.6 Å². The Morgan fingerprint density at radius 3 is 2.50 bits per heavy atom. The normalized spacial score (nSPS) is 12.5. The van der Waals surface area contributed by atoms with E-state index in [1.54, 1.807) is 0 Å². The van der Waals surface area contributed by atoms with Crippen molar-refractivity contribution in [3.63, 3.8) is 0 Å². The maximum Gasteiger partial charge on any atom is 0.303 e. The summed E-state index contributed by atoms with van der Waals surface area (Å²) >= 11 is 0. The number of hydrogen-bond acceptors (Lipinski definition) is 4. The lowest BCUT2D eigenvalue weighted by atomic mass is 9.89. The van der Waals surface area contributed by atoms with E-state index in [0.29, 0.717) is 11.8 Å². The average molecular weight is 335 g/mol. The monoisotopic (exact) mass is 335 g/mol. The van der Waals surface area contributed by atoms with E-state index in [2.05, 4.69) is 11.9 Å².